The van der Waals surface area contributed by atoms with Crippen LogP contribution in [0.25, 0.3) is 0 Å². The van der Waals surface area contributed by atoms with E-state index in [1.54, 1.807) is 0 Å². The predicted octanol–water partition coefficient (Wildman–Crippen LogP) is 3.46. The zero-order valence-corrected chi connectivity index (χ0v) is 12.9. The first-order valence-electron chi connectivity index (χ1n) is 7.03. The van der Waals surface area contributed by atoms with Gasteiger partial charge in [0, 0.05) is 6.54 Å². The van der Waals surface area contributed by atoms with Gasteiger partial charge in [-0.05, 0) is 55.0 Å². The summed E-state index contributed by atoms with van der Waals surface area (Å²) in [5.74, 6) is 0.394. The van der Waals surface area contributed by atoms with Crippen molar-refractivity contribution in [1.82, 2.24) is 9.78 Å². The van der Waals surface area contributed by atoms with Gasteiger partial charge in [0.05, 0.1) is 22.0 Å². The molecule has 1 aromatic heterocycles. The second-order valence-electron chi connectivity index (χ2n) is 5.33. The van der Waals surface area contributed by atoms with E-state index >= 15 is 0 Å². The Morgan fingerprint density at radius 3 is 2.78 bits per heavy atom. The minimum Gasteiger partial charge on any atom is -0.393 e. The maximum atomic E-state index is 10.2. The molecule has 0 bridgehead atoms. The molecule has 1 aliphatic rings. The summed E-state index contributed by atoms with van der Waals surface area (Å²) in [5, 5.41) is 14.8. The van der Waals surface area contributed by atoms with Gasteiger partial charge in [-0.2, -0.15) is 5.10 Å². The summed E-state index contributed by atoms with van der Waals surface area (Å²) in [6.45, 7) is 5.04. The highest BCUT2D eigenvalue weighted by Crippen LogP contribution is 2.30. The van der Waals surface area contributed by atoms with Gasteiger partial charge in [-0.3, -0.25) is 4.68 Å². The van der Waals surface area contributed by atoms with E-state index in [1.165, 1.54) is 25.0 Å². The van der Waals surface area contributed by atoms with Crippen LogP contribution < -0.4 is 0 Å². The van der Waals surface area contributed by atoms with E-state index in [0.717, 1.165) is 36.0 Å². The average molecular weight is 315 g/mol. The molecule has 2 rings (SSSR count). The fourth-order valence-electron chi connectivity index (χ4n) is 2.92. The minimum atomic E-state index is -0.139. The minimum absolute atomic E-state index is 0.139. The normalized spacial score (nSPS) is 25.1. The lowest BCUT2D eigenvalue weighted by molar-refractivity contribution is 0.0994. The highest BCUT2D eigenvalue weighted by Gasteiger charge is 2.24. The number of rotatable bonds is 3. The summed E-state index contributed by atoms with van der Waals surface area (Å²) in [5.41, 5.74) is 2.30. The zero-order chi connectivity index (χ0) is 13.1. The van der Waals surface area contributed by atoms with Crippen molar-refractivity contribution in [1.29, 1.82) is 0 Å². The first kappa shape index (κ1) is 14.1. The molecule has 102 valence electrons. The fraction of sp³-hybridized carbons (Fsp3) is 0.786. The van der Waals surface area contributed by atoms with Crippen molar-refractivity contribution in [3.05, 3.63) is 15.9 Å². The van der Waals surface area contributed by atoms with Gasteiger partial charge in [-0.1, -0.05) is 19.3 Å². The van der Waals surface area contributed by atoms with Gasteiger partial charge in [0.15, 0.2) is 0 Å². The quantitative estimate of drug-likeness (QED) is 0.868. The van der Waals surface area contributed by atoms with Crippen LogP contribution in [-0.4, -0.2) is 21.0 Å². The molecule has 2 unspecified atom stereocenters. The highest BCUT2D eigenvalue weighted by molar-refractivity contribution is 9.10. The van der Waals surface area contributed by atoms with Gasteiger partial charge < -0.3 is 5.11 Å². The molecule has 3 nitrogen and oxygen atoms in total. The van der Waals surface area contributed by atoms with Gasteiger partial charge in [0.2, 0.25) is 0 Å². The molecule has 18 heavy (non-hydrogen) atoms. The number of hydrogen-bond donors (Lipinski definition) is 1. The molecule has 0 saturated heterocycles. The average Bonchev–Trinajstić information content (AvgIpc) is 2.53. The largest absolute Gasteiger partial charge is 0.393 e. The molecule has 0 aromatic carbocycles. The van der Waals surface area contributed by atoms with E-state index in [0.29, 0.717) is 5.92 Å². The standard InChI is InChI=1S/C14H23BrN2O/c1-3-17-12(14(15)10(2)16-17)9-11-7-5-4-6-8-13(11)18/h11,13,18H,3-9H2,1-2H3. The van der Waals surface area contributed by atoms with Crippen LogP contribution in [0.2, 0.25) is 0 Å². The van der Waals surface area contributed by atoms with E-state index in [2.05, 4.69) is 32.6 Å². The Kier molecular flexibility index (Phi) is 4.84. The van der Waals surface area contributed by atoms with Crippen molar-refractivity contribution in [3.63, 3.8) is 0 Å². The molecule has 0 amide bonds. The topological polar surface area (TPSA) is 38.0 Å². The molecule has 1 aliphatic carbocycles. The molecular formula is C14H23BrN2O. The Balaban J connectivity index is 2.16. The highest BCUT2D eigenvalue weighted by atomic mass is 79.9. The SMILES string of the molecule is CCn1nc(C)c(Br)c1CC1CCCCCC1O. The second-order valence-corrected chi connectivity index (χ2v) is 6.12. The lowest BCUT2D eigenvalue weighted by Crippen LogP contribution is -2.22. The first-order chi connectivity index (χ1) is 8.63. The Morgan fingerprint density at radius 1 is 1.33 bits per heavy atom. The molecule has 1 aromatic rings. The lowest BCUT2D eigenvalue weighted by Gasteiger charge is -2.20. The fourth-order valence-corrected chi connectivity index (χ4v) is 3.36. The summed E-state index contributed by atoms with van der Waals surface area (Å²) in [7, 11) is 0. The van der Waals surface area contributed by atoms with Crippen LogP contribution in [0.3, 0.4) is 0 Å². The van der Waals surface area contributed by atoms with Crippen LogP contribution in [0.1, 0.15) is 50.4 Å². The monoisotopic (exact) mass is 314 g/mol. The van der Waals surface area contributed by atoms with Gasteiger partial charge in [0.1, 0.15) is 0 Å². The van der Waals surface area contributed by atoms with E-state index in [9.17, 15) is 5.11 Å². The van der Waals surface area contributed by atoms with Gasteiger partial charge in [0.25, 0.3) is 0 Å². The number of nitrogens with zero attached hydrogens (tertiary/aromatic N) is 2. The van der Waals surface area contributed by atoms with Gasteiger partial charge in [-0.15, -0.1) is 0 Å². The molecule has 0 aliphatic heterocycles. The van der Waals surface area contributed by atoms with Crippen LogP contribution in [0.5, 0.6) is 0 Å². The zero-order valence-electron chi connectivity index (χ0n) is 11.3. The van der Waals surface area contributed by atoms with Crippen molar-refractivity contribution in [3.8, 4) is 0 Å². The summed E-state index contributed by atoms with van der Waals surface area (Å²) < 4.78 is 3.19. The third kappa shape index (κ3) is 2.97. The van der Waals surface area contributed by atoms with Gasteiger partial charge >= 0.3 is 0 Å². The molecule has 0 spiro atoms. The van der Waals surface area contributed by atoms with Crippen LogP contribution in [-0.2, 0) is 13.0 Å². The molecule has 1 saturated carbocycles. The molecule has 0 radical (unpaired) electrons. The van der Waals surface area contributed by atoms with E-state index < -0.39 is 0 Å². The number of aromatic nitrogens is 2. The smallest absolute Gasteiger partial charge is 0.0738 e. The summed E-state index contributed by atoms with van der Waals surface area (Å²) >= 11 is 3.64. The van der Waals surface area contributed by atoms with E-state index in [-0.39, 0.29) is 6.10 Å². The molecule has 1 heterocycles. The van der Waals surface area contributed by atoms with Crippen molar-refractivity contribution >= 4 is 15.9 Å². The molecule has 4 heteroatoms. The third-order valence-electron chi connectivity index (χ3n) is 4.03. The Bertz CT molecular complexity index is 403. The van der Waals surface area contributed by atoms with Crippen LogP contribution in [0.15, 0.2) is 4.47 Å². The number of hydrogen-bond acceptors (Lipinski definition) is 2. The van der Waals surface area contributed by atoms with E-state index in [4.69, 9.17) is 0 Å². The van der Waals surface area contributed by atoms with Crippen molar-refractivity contribution in [2.45, 2.75) is 65.0 Å². The first-order valence-corrected chi connectivity index (χ1v) is 7.82. The van der Waals surface area contributed by atoms with Crippen LogP contribution >= 0.6 is 15.9 Å². The lowest BCUT2D eigenvalue weighted by atomic mass is 9.92. The number of aliphatic hydroxyl groups excluding tert-OH is 1. The van der Waals surface area contributed by atoms with Crippen LogP contribution in [0, 0.1) is 12.8 Å². The van der Waals surface area contributed by atoms with E-state index in [1.807, 2.05) is 6.92 Å². The third-order valence-corrected chi connectivity index (χ3v) is 5.06. The predicted molar refractivity (Wildman–Crippen MR) is 76.6 cm³/mol. The summed E-state index contributed by atoms with van der Waals surface area (Å²) in [6, 6.07) is 0. The molecule has 1 fully saturated rings. The van der Waals surface area contributed by atoms with Crippen molar-refractivity contribution in [2.75, 3.05) is 0 Å². The van der Waals surface area contributed by atoms with Gasteiger partial charge in [-0.25, -0.2) is 0 Å². The Hall–Kier alpha value is -0.350. The molecular weight excluding hydrogens is 292 g/mol. The van der Waals surface area contributed by atoms with Crippen molar-refractivity contribution in [2.24, 2.45) is 5.92 Å². The summed E-state index contributed by atoms with van der Waals surface area (Å²) in [4.78, 5) is 0. The maximum Gasteiger partial charge on any atom is 0.0738 e. The van der Waals surface area contributed by atoms with Crippen LogP contribution in [0.4, 0.5) is 0 Å². The Labute approximate surface area is 118 Å². The summed E-state index contributed by atoms with van der Waals surface area (Å²) in [6.07, 6.45) is 6.59. The second kappa shape index (κ2) is 6.20. The molecule has 2 atom stereocenters. The Morgan fingerprint density at radius 2 is 2.06 bits per heavy atom. The van der Waals surface area contributed by atoms with Crippen molar-refractivity contribution < 1.29 is 5.11 Å². The number of aliphatic hydroxyl groups is 1. The maximum absolute atomic E-state index is 10.2. The number of halogens is 1. The number of aryl methyl sites for hydroxylation is 2. The molecule has 1 N–H and O–H groups in total.